The van der Waals surface area contributed by atoms with Crippen LogP contribution in [0.4, 0.5) is 5.82 Å². The Morgan fingerprint density at radius 3 is 2.78 bits per heavy atom. The van der Waals surface area contributed by atoms with Crippen molar-refractivity contribution in [3.05, 3.63) is 65.9 Å². The maximum Gasteiger partial charge on any atom is 0.144 e. The van der Waals surface area contributed by atoms with Gasteiger partial charge in [0.25, 0.3) is 0 Å². The lowest BCUT2D eigenvalue weighted by Gasteiger charge is -2.03. The Hall–Kier alpha value is -2.60. The lowest BCUT2D eigenvalue weighted by atomic mass is 10.2. The molecule has 0 saturated carbocycles. The Bertz CT molecular complexity index is 568. The van der Waals surface area contributed by atoms with Crippen LogP contribution in [0.25, 0.3) is 6.08 Å². The van der Waals surface area contributed by atoms with Gasteiger partial charge in [0.15, 0.2) is 0 Å². The number of hydrogen-bond donors (Lipinski definition) is 1. The highest BCUT2D eigenvalue weighted by atomic mass is 15.0. The van der Waals surface area contributed by atoms with E-state index in [1.54, 1.807) is 18.3 Å². The quantitative estimate of drug-likeness (QED) is 0.885. The summed E-state index contributed by atoms with van der Waals surface area (Å²) in [7, 11) is 0. The molecule has 18 heavy (non-hydrogen) atoms. The Balaban J connectivity index is 1.93. The smallest absolute Gasteiger partial charge is 0.144 e. The monoisotopic (exact) mass is 235 g/mol. The van der Waals surface area contributed by atoms with Crippen LogP contribution < -0.4 is 5.32 Å². The molecule has 0 saturated heterocycles. The highest BCUT2D eigenvalue weighted by molar-refractivity contribution is 5.53. The minimum Gasteiger partial charge on any atom is -0.365 e. The first-order valence-electron chi connectivity index (χ1n) is 5.71. The second kappa shape index (κ2) is 6.21. The number of nitrogens with one attached hydrogen (secondary N) is 1. The molecule has 0 spiro atoms. The zero-order valence-electron chi connectivity index (χ0n) is 9.88. The first-order valence-corrected chi connectivity index (χ1v) is 5.71. The van der Waals surface area contributed by atoms with Crippen molar-refractivity contribution in [1.82, 2.24) is 4.98 Å². The summed E-state index contributed by atoms with van der Waals surface area (Å²) >= 11 is 0. The number of nitrogens with zero attached hydrogens (tertiary/aromatic N) is 2. The number of hydrogen-bond acceptors (Lipinski definition) is 3. The third-order valence-corrected chi connectivity index (χ3v) is 2.43. The molecule has 0 atom stereocenters. The average molecular weight is 235 g/mol. The normalized spacial score (nSPS) is 10.2. The van der Waals surface area contributed by atoms with Crippen LogP contribution in [0.5, 0.6) is 0 Å². The number of anilines is 1. The summed E-state index contributed by atoms with van der Waals surface area (Å²) in [5, 5.41) is 12.0. The van der Waals surface area contributed by atoms with Crippen LogP contribution in [0.1, 0.15) is 11.1 Å². The van der Waals surface area contributed by atoms with Gasteiger partial charge in [0.2, 0.25) is 0 Å². The molecular weight excluding hydrogens is 222 g/mol. The van der Waals surface area contributed by atoms with E-state index in [4.69, 9.17) is 5.26 Å². The van der Waals surface area contributed by atoms with E-state index in [0.717, 1.165) is 5.56 Å². The fraction of sp³-hybridized carbons (Fsp3) is 0.0667. The van der Waals surface area contributed by atoms with Crippen LogP contribution in [-0.4, -0.2) is 11.5 Å². The van der Waals surface area contributed by atoms with Crippen molar-refractivity contribution in [2.24, 2.45) is 0 Å². The number of aromatic nitrogens is 1. The van der Waals surface area contributed by atoms with Crippen molar-refractivity contribution in [3.8, 4) is 6.07 Å². The molecule has 3 nitrogen and oxygen atoms in total. The van der Waals surface area contributed by atoms with E-state index in [-0.39, 0.29) is 0 Å². The summed E-state index contributed by atoms with van der Waals surface area (Å²) in [4.78, 5) is 4.13. The van der Waals surface area contributed by atoms with E-state index >= 15 is 0 Å². The molecule has 0 aliphatic heterocycles. The second-order valence-electron chi connectivity index (χ2n) is 3.71. The predicted molar refractivity (Wildman–Crippen MR) is 72.9 cm³/mol. The number of rotatable bonds is 4. The largest absolute Gasteiger partial charge is 0.365 e. The van der Waals surface area contributed by atoms with Gasteiger partial charge in [-0.1, -0.05) is 42.5 Å². The van der Waals surface area contributed by atoms with Gasteiger partial charge in [0, 0.05) is 12.7 Å². The van der Waals surface area contributed by atoms with Gasteiger partial charge in [-0.15, -0.1) is 0 Å². The van der Waals surface area contributed by atoms with Crippen LogP contribution in [-0.2, 0) is 0 Å². The van der Waals surface area contributed by atoms with Crippen LogP contribution in [0.3, 0.4) is 0 Å². The first kappa shape index (κ1) is 11.9. The van der Waals surface area contributed by atoms with Crippen LogP contribution in [0.2, 0.25) is 0 Å². The molecule has 3 heteroatoms. The molecule has 0 bridgehead atoms. The minimum absolute atomic E-state index is 0.561. The Morgan fingerprint density at radius 2 is 2.00 bits per heavy atom. The zero-order valence-corrected chi connectivity index (χ0v) is 9.88. The molecule has 1 aromatic heterocycles. The SMILES string of the molecule is N#Cc1cccnc1NC/C=C/c1ccccc1. The molecule has 0 unspecified atom stereocenters. The van der Waals surface area contributed by atoms with Gasteiger partial charge in [-0.3, -0.25) is 0 Å². The Morgan fingerprint density at radius 1 is 1.17 bits per heavy atom. The van der Waals surface area contributed by atoms with Crippen molar-refractivity contribution < 1.29 is 0 Å². The molecule has 0 fully saturated rings. The molecule has 0 amide bonds. The highest BCUT2D eigenvalue weighted by Gasteiger charge is 1.98. The molecule has 2 rings (SSSR count). The van der Waals surface area contributed by atoms with Gasteiger partial charge in [-0.25, -0.2) is 4.98 Å². The zero-order chi connectivity index (χ0) is 12.6. The van der Waals surface area contributed by atoms with Gasteiger partial charge in [0.1, 0.15) is 11.9 Å². The predicted octanol–water partition coefficient (Wildman–Crippen LogP) is 3.08. The van der Waals surface area contributed by atoms with E-state index in [9.17, 15) is 0 Å². The van der Waals surface area contributed by atoms with Crippen LogP contribution in [0.15, 0.2) is 54.7 Å². The maximum absolute atomic E-state index is 8.90. The summed E-state index contributed by atoms with van der Waals surface area (Å²) in [5.74, 6) is 0.623. The van der Waals surface area contributed by atoms with E-state index in [2.05, 4.69) is 16.4 Å². The van der Waals surface area contributed by atoms with Crippen molar-refractivity contribution >= 4 is 11.9 Å². The number of benzene rings is 1. The maximum atomic E-state index is 8.90. The second-order valence-corrected chi connectivity index (χ2v) is 3.71. The summed E-state index contributed by atoms with van der Waals surface area (Å²) in [6, 6.07) is 15.7. The minimum atomic E-state index is 0.561. The van der Waals surface area contributed by atoms with Gasteiger partial charge >= 0.3 is 0 Å². The fourth-order valence-corrected chi connectivity index (χ4v) is 1.55. The summed E-state index contributed by atoms with van der Waals surface area (Å²) in [6.45, 7) is 0.639. The molecule has 1 aromatic carbocycles. The van der Waals surface area contributed by atoms with E-state index in [1.807, 2.05) is 42.5 Å². The van der Waals surface area contributed by atoms with E-state index in [1.165, 1.54) is 0 Å². The van der Waals surface area contributed by atoms with E-state index < -0.39 is 0 Å². The third-order valence-electron chi connectivity index (χ3n) is 2.43. The number of pyridine rings is 1. The molecule has 1 heterocycles. The molecule has 0 radical (unpaired) electrons. The standard InChI is InChI=1S/C15H13N3/c16-12-14-9-5-11-18-15(14)17-10-4-8-13-6-2-1-3-7-13/h1-9,11H,10H2,(H,17,18)/b8-4+. The van der Waals surface area contributed by atoms with Gasteiger partial charge in [-0.2, -0.15) is 5.26 Å². The fourth-order valence-electron chi connectivity index (χ4n) is 1.55. The highest BCUT2D eigenvalue weighted by Crippen LogP contribution is 2.09. The van der Waals surface area contributed by atoms with Gasteiger partial charge in [-0.05, 0) is 17.7 Å². The summed E-state index contributed by atoms with van der Waals surface area (Å²) in [5.41, 5.74) is 1.71. The van der Waals surface area contributed by atoms with E-state index in [0.29, 0.717) is 17.9 Å². The van der Waals surface area contributed by atoms with Crippen molar-refractivity contribution in [2.45, 2.75) is 0 Å². The molecule has 1 N–H and O–H groups in total. The Kier molecular flexibility index (Phi) is 4.10. The average Bonchev–Trinajstić information content (AvgIpc) is 2.45. The first-order chi connectivity index (χ1) is 8.90. The number of nitriles is 1. The van der Waals surface area contributed by atoms with Crippen molar-refractivity contribution in [3.63, 3.8) is 0 Å². The third kappa shape index (κ3) is 3.19. The molecule has 88 valence electrons. The summed E-state index contributed by atoms with van der Waals surface area (Å²) < 4.78 is 0. The molecule has 0 aliphatic rings. The lowest BCUT2D eigenvalue weighted by Crippen LogP contribution is -2.02. The van der Waals surface area contributed by atoms with Gasteiger partial charge < -0.3 is 5.32 Å². The molecule has 2 aromatic rings. The topological polar surface area (TPSA) is 48.7 Å². The Labute approximate surface area is 106 Å². The van der Waals surface area contributed by atoms with Crippen LogP contribution in [0, 0.1) is 11.3 Å². The molecular formula is C15H13N3. The van der Waals surface area contributed by atoms with Crippen molar-refractivity contribution in [2.75, 3.05) is 11.9 Å². The molecule has 0 aliphatic carbocycles. The van der Waals surface area contributed by atoms with Crippen molar-refractivity contribution in [1.29, 1.82) is 5.26 Å². The lowest BCUT2D eigenvalue weighted by molar-refractivity contribution is 1.22. The van der Waals surface area contributed by atoms with Crippen LogP contribution >= 0.6 is 0 Å². The van der Waals surface area contributed by atoms with Gasteiger partial charge in [0.05, 0.1) is 5.56 Å². The summed E-state index contributed by atoms with van der Waals surface area (Å²) in [6.07, 6.45) is 5.71.